The van der Waals surface area contributed by atoms with E-state index in [0.717, 1.165) is 0 Å². The predicted molar refractivity (Wildman–Crippen MR) is 138 cm³/mol. The van der Waals surface area contributed by atoms with Gasteiger partial charge in [-0.05, 0) is 42.5 Å². The highest BCUT2D eigenvalue weighted by atomic mass is 32.2. The van der Waals surface area contributed by atoms with Crippen molar-refractivity contribution in [3.05, 3.63) is 29.8 Å². The van der Waals surface area contributed by atoms with E-state index in [-0.39, 0.29) is 37.2 Å². The van der Waals surface area contributed by atoms with Crippen LogP contribution in [0, 0.1) is 0 Å². The molecule has 1 aromatic rings. The van der Waals surface area contributed by atoms with Gasteiger partial charge in [-0.3, -0.25) is 19.2 Å². The lowest BCUT2D eigenvalue weighted by molar-refractivity contribution is -0.142. The van der Waals surface area contributed by atoms with Crippen molar-refractivity contribution in [2.45, 2.75) is 49.9 Å². The molecule has 0 spiro atoms. The highest BCUT2D eigenvalue weighted by Gasteiger charge is 2.30. The smallest absolute Gasteiger partial charge is 0.326 e. The van der Waals surface area contributed by atoms with Crippen LogP contribution >= 0.6 is 24.4 Å². The summed E-state index contributed by atoms with van der Waals surface area (Å²) >= 11 is 5.39. The molecule has 0 aliphatic rings. The Bertz CT molecular complexity index is 917. The van der Waals surface area contributed by atoms with Gasteiger partial charge in [-0.2, -0.15) is 24.4 Å². The SMILES string of the molecule is CSCCC(NC(=O)C(CCC(N)=O)NC(=O)C(Cc1ccc(O)cc1)NC(=O)C(N)CS)C(=O)O. The molecule has 14 heteroatoms. The number of primary amides is 1. The number of thioether (sulfide) groups is 1. The summed E-state index contributed by atoms with van der Waals surface area (Å²) < 4.78 is 0. The Morgan fingerprint density at radius 2 is 1.50 bits per heavy atom. The summed E-state index contributed by atoms with van der Waals surface area (Å²) in [5.41, 5.74) is 11.5. The Kier molecular flexibility index (Phi) is 13.7. The Morgan fingerprint density at radius 3 is 2.03 bits per heavy atom. The number of aliphatic carboxylic acids is 1. The second-order valence-electron chi connectivity index (χ2n) is 7.97. The zero-order valence-electron chi connectivity index (χ0n) is 19.8. The molecule has 200 valence electrons. The molecule has 4 unspecified atom stereocenters. The third kappa shape index (κ3) is 11.2. The first-order valence-corrected chi connectivity index (χ1v) is 13.1. The Hall–Kier alpha value is -2.97. The molecule has 0 saturated heterocycles. The Labute approximate surface area is 218 Å². The second-order valence-corrected chi connectivity index (χ2v) is 9.32. The number of carboxylic acid groups (broad SMARTS) is 1. The van der Waals surface area contributed by atoms with Gasteiger partial charge < -0.3 is 37.6 Å². The van der Waals surface area contributed by atoms with Crippen LogP contribution in [0.5, 0.6) is 5.75 Å². The zero-order valence-corrected chi connectivity index (χ0v) is 21.5. The lowest BCUT2D eigenvalue weighted by Crippen LogP contribution is -2.58. The van der Waals surface area contributed by atoms with Crippen molar-refractivity contribution >= 4 is 54.0 Å². The third-order valence-electron chi connectivity index (χ3n) is 5.08. The van der Waals surface area contributed by atoms with Gasteiger partial charge in [0.15, 0.2) is 0 Å². The number of phenols is 1. The van der Waals surface area contributed by atoms with Crippen molar-refractivity contribution in [1.82, 2.24) is 16.0 Å². The number of thiol groups is 1. The molecule has 0 aromatic heterocycles. The van der Waals surface area contributed by atoms with Gasteiger partial charge in [-0.15, -0.1) is 0 Å². The monoisotopic (exact) mass is 543 g/mol. The fourth-order valence-electron chi connectivity index (χ4n) is 3.03. The molecule has 9 N–H and O–H groups in total. The van der Waals surface area contributed by atoms with Gasteiger partial charge in [-0.1, -0.05) is 12.1 Å². The molecule has 36 heavy (non-hydrogen) atoms. The molecule has 0 saturated carbocycles. The minimum Gasteiger partial charge on any atom is -0.508 e. The van der Waals surface area contributed by atoms with E-state index in [2.05, 4.69) is 28.6 Å². The normalized spacial score (nSPS) is 14.1. The van der Waals surface area contributed by atoms with Gasteiger partial charge in [0.1, 0.15) is 23.9 Å². The molecule has 1 rings (SSSR count). The van der Waals surface area contributed by atoms with Crippen molar-refractivity contribution in [1.29, 1.82) is 0 Å². The molecule has 1 aromatic carbocycles. The van der Waals surface area contributed by atoms with Crippen LogP contribution in [-0.2, 0) is 30.4 Å². The average Bonchev–Trinajstić information content (AvgIpc) is 2.83. The molecular formula is C22H33N5O7S2. The van der Waals surface area contributed by atoms with Crippen LogP contribution in [-0.4, -0.2) is 81.7 Å². The van der Waals surface area contributed by atoms with Crippen LogP contribution in [0.25, 0.3) is 0 Å². The predicted octanol–water partition coefficient (Wildman–Crippen LogP) is -1.25. The van der Waals surface area contributed by atoms with Gasteiger partial charge in [0.05, 0.1) is 6.04 Å². The van der Waals surface area contributed by atoms with Gasteiger partial charge in [0.2, 0.25) is 23.6 Å². The van der Waals surface area contributed by atoms with Crippen LogP contribution < -0.4 is 27.4 Å². The van der Waals surface area contributed by atoms with Gasteiger partial charge in [-0.25, -0.2) is 4.79 Å². The van der Waals surface area contributed by atoms with E-state index in [1.54, 1.807) is 18.4 Å². The minimum absolute atomic E-state index is 0.00717. The van der Waals surface area contributed by atoms with Crippen LogP contribution in [0.3, 0.4) is 0 Å². The molecule has 0 bridgehead atoms. The molecule has 0 aliphatic carbocycles. The third-order valence-corrected chi connectivity index (χ3v) is 6.12. The fourth-order valence-corrected chi connectivity index (χ4v) is 3.67. The topological polar surface area (TPSA) is 214 Å². The van der Waals surface area contributed by atoms with E-state index in [0.29, 0.717) is 11.3 Å². The van der Waals surface area contributed by atoms with Crippen molar-refractivity contribution in [2.75, 3.05) is 17.8 Å². The number of carbonyl (C=O) groups is 5. The van der Waals surface area contributed by atoms with E-state index in [1.807, 2.05) is 0 Å². The van der Waals surface area contributed by atoms with Gasteiger partial charge in [0, 0.05) is 18.6 Å². The second kappa shape index (κ2) is 15.9. The number of rotatable bonds is 16. The van der Waals surface area contributed by atoms with E-state index < -0.39 is 53.8 Å². The van der Waals surface area contributed by atoms with Crippen molar-refractivity contribution in [2.24, 2.45) is 11.5 Å². The molecule has 0 radical (unpaired) electrons. The first-order valence-electron chi connectivity index (χ1n) is 11.0. The number of carbonyl (C=O) groups excluding carboxylic acids is 4. The first-order chi connectivity index (χ1) is 17.0. The summed E-state index contributed by atoms with van der Waals surface area (Å²) in [6.07, 6.45) is 1.50. The maximum absolute atomic E-state index is 13.2. The van der Waals surface area contributed by atoms with Crippen molar-refractivity contribution in [3.63, 3.8) is 0 Å². The number of hydrogen-bond donors (Lipinski definition) is 8. The summed E-state index contributed by atoms with van der Waals surface area (Å²) in [5.74, 6) is -3.66. The summed E-state index contributed by atoms with van der Waals surface area (Å²) in [6.45, 7) is 0. The minimum atomic E-state index is -1.29. The number of benzene rings is 1. The van der Waals surface area contributed by atoms with E-state index in [1.165, 1.54) is 23.9 Å². The lowest BCUT2D eigenvalue weighted by Gasteiger charge is -2.25. The number of hydrogen-bond acceptors (Lipinski definition) is 9. The highest BCUT2D eigenvalue weighted by molar-refractivity contribution is 7.98. The van der Waals surface area contributed by atoms with Crippen LogP contribution in [0.4, 0.5) is 0 Å². The van der Waals surface area contributed by atoms with Crippen LogP contribution in [0.2, 0.25) is 0 Å². The summed E-state index contributed by atoms with van der Waals surface area (Å²) in [4.78, 5) is 61.3. The number of nitrogens with two attached hydrogens (primary N) is 2. The van der Waals surface area contributed by atoms with E-state index in [4.69, 9.17) is 11.5 Å². The molecular weight excluding hydrogens is 510 g/mol. The molecule has 4 atom stereocenters. The Morgan fingerprint density at radius 1 is 0.944 bits per heavy atom. The Balaban J connectivity index is 3.11. The number of carboxylic acids is 1. The first kappa shape index (κ1) is 31.1. The van der Waals surface area contributed by atoms with E-state index >= 15 is 0 Å². The zero-order chi connectivity index (χ0) is 27.3. The van der Waals surface area contributed by atoms with Crippen molar-refractivity contribution in [3.8, 4) is 5.75 Å². The fraction of sp³-hybridized carbons (Fsp3) is 0.500. The van der Waals surface area contributed by atoms with E-state index in [9.17, 15) is 34.2 Å². The highest BCUT2D eigenvalue weighted by Crippen LogP contribution is 2.12. The number of amides is 4. The van der Waals surface area contributed by atoms with Crippen molar-refractivity contribution < 1.29 is 34.2 Å². The quantitative estimate of drug-likeness (QED) is 0.117. The lowest BCUT2D eigenvalue weighted by atomic mass is 10.0. The summed E-state index contributed by atoms with van der Waals surface area (Å²) in [6, 6.07) is 1.28. The molecule has 4 amide bonds. The summed E-state index contributed by atoms with van der Waals surface area (Å²) in [7, 11) is 0. The number of phenolic OH excluding ortho intramolecular Hbond substituents is 1. The number of aromatic hydroxyl groups is 1. The summed E-state index contributed by atoms with van der Waals surface area (Å²) in [5, 5.41) is 26.3. The maximum Gasteiger partial charge on any atom is 0.326 e. The van der Waals surface area contributed by atoms with Crippen LogP contribution in [0.1, 0.15) is 24.8 Å². The maximum atomic E-state index is 13.2. The molecule has 12 nitrogen and oxygen atoms in total. The molecule has 0 fully saturated rings. The average molecular weight is 544 g/mol. The standard InChI is InChI=1S/C22H33N5O7S2/c1-36-9-8-16(22(33)34)26-20(31)15(6-7-18(24)29)25-21(32)17(27-19(30)14(23)11-35)10-12-2-4-13(28)5-3-12/h2-5,14-17,28,35H,6-11,23H2,1H3,(H2,24,29)(H,25,32)(H,26,31)(H,27,30)(H,33,34). The number of nitrogens with one attached hydrogen (secondary N) is 3. The van der Waals surface area contributed by atoms with Crippen LogP contribution in [0.15, 0.2) is 24.3 Å². The molecule has 0 aliphatic heterocycles. The molecule has 0 heterocycles. The largest absolute Gasteiger partial charge is 0.508 e. The van der Waals surface area contributed by atoms with Gasteiger partial charge in [0.25, 0.3) is 0 Å². The van der Waals surface area contributed by atoms with Gasteiger partial charge >= 0.3 is 5.97 Å².